The van der Waals surface area contributed by atoms with E-state index in [1.807, 2.05) is 20.8 Å². The molecule has 190 valence electrons. The lowest BCUT2D eigenvalue weighted by Gasteiger charge is -2.40. The number of sulfone groups is 1. The summed E-state index contributed by atoms with van der Waals surface area (Å²) in [5.74, 6) is 0.688. The highest BCUT2D eigenvalue weighted by atomic mass is 35.5. The van der Waals surface area contributed by atoms with E-state index in [1.54, 1.807) is 24.3 Å². The molecule has 0 aliphatic carbocycles. The molecule has 0 spiro atoms. The van der Waals surface area contributed by atoms with Crippen LogP contribution in [0.2, 0.25) is 0 Å². The van der Waals surface area contributed by atoms with Crippen molar-refractivity contribution in [2.45, 2.75) is 56.9 Å². The quantitative estimate of drug-likeness (QED) is 0.526. The van der Waals surface area contributed by atoms with Crippen molar-refractivity contribution in [1.82, 2.24) is 15.5 Å². The molecule has 34 heavy (non-hydrogen) atoms. The molecule has 1 saturated heterocycles. The van der Waals surface area contributed by atoms with Gasteiger partial charge in [0.1, 0.15) is 4.87 Å². The van der Waals surface area contributed by atoms with Crippen LogP contribution < -0.4 is 16.0 Å². The monoisotopic (exact) mass is 515 g/mol. The summed E-state index contributed by atoms with van der Waals surface area (Å²) >= 11 is 0. The normalized spacial score (nSPS) is 20.8. The molecule has 12 heteroatoms. The van der Waals surface area contributed by atoms with Gasteiger partial charge in [-0.2, -0.15) is 4.98 Å². The number of hydrogen-bond donors (Lipinski definition) is 3. The molecule has 1 aromatic heterocycles. The van der Waals surface area contributed by atoms with Crippen molar-refractivity contribution in [3.05, 3.63) is 30.1 Å². The molecule has 2 aromatic rings. The fourth-order valence-corrected chi connectivity index (χ4v) is 4.62. The summed E-state index contributed by atoms with van der Waals surface area (Å²) in [5, 5.41) is 17.3. The van der Waals surface area contributed by atoms with Crippen molar-refractivity contribution in [2.75, 3.05) is 24.2 Å². The fourth-order valence-electron chi connectivity index (χ4n) is 3.92. The van der Waals surface area contributed by atoms with E-state index in [2.05, 4.69) is 15.5 Å². The number of piperidine rings is 1. The molecule has 1 fully saturated rings. The van der Waals surface area contributed by atoms with Crippen LogP contribution in [-0.2, 0) is 15.3 Å². The molecule has 1 aliphatic heterocycles. The molecule has 1 aromatic carbocycles. The number of rotatable bonds is 6. The van der Waals surface area contributed by atoms with E-state index in [0.717, 1.165) is 6.26 Å². The molecule has 1 aliphatic rings. The number of halogens is 1. The minimum atomic E-state index is -3.52. The number of hydrogen-bond acceptors (Lipinski definition) is 8. The Labute approximate surface area is 206 Å². The van der Waals surface area contributed by atoms with Crippen LogP contribution in [0.15, 0.2) is 28.8 Å². The van der Waals surface area contributed by atoms with Crippen molar-refractivity contribution in [2.24, 2.45) is 11.7 Å². The smallest absolute Gasteiger partial charge is 0.411 e. The minimum Gasteiger partial charge on any atom is -0.465 e. The Morgan fingerprint density at radius 2 is 1.94 bits per heavy atom. The van der Waals surface area contributed by atoms with Gasteiger partial charge in [-0.3, -0.25) is 4.90 Å². The van der Waals surface area contributed by atoms with E-state index in [9.17, 15) is 18.3 Å². The highest BCUT2D eigenvalue weighted by Crippen LogP contribution is 2.34. The maximum Gasteiger partial charge on any atom is 0.411 e. The van der Waals surface area contributed by atoms with Crippen LogP contribution in [0.5, 0.6) is 0 Å². The maximum absolute atomic E-state index is 12.3. The molecule has 3 unspecified atom stereocenters. The first kappa shape index (κ1) is 28.0. The van der Waals surface area contributed by atoms with Gasteiger partial charge in [0.2, 0.25) is 0 Å². The summed E-state index contributed by atoms with van der Waals surface area (Å²) in [7, 11) is -3.52. The van der Waals surface area contributed by atoms with Crippen molar-refractivity contribution >= 4 is 34.0 Å². The van der Waals surface area contributed by atoms with E-state index >= 15 is 0 Å². The molecular weight excluding hydrogens is 482 g/mol. The van der Waals surface area contributed by atoms with Gasteiger partial charge in [-0.1, -0.05) is 38.1 Å². The first-order valence-corrected chi connectivity index (χ1v) is 12.8. The summed E-state index contributed by atoms with van der Waals surface area (Å²) in [6.07, 6.45) is 1.12. The Hall–Kier alpha value is -2.21. The van der Waals surface area contributed by atoms with Gasteiger partial charge < -0.3 is 20.7 Å². The van der Waals surface area contributed by atoms with Crippen molar-refractivity contribution < 1.29 is 22.8 Å². The highest BCUT2D eigenvalue weighted by Gasteiger charge is 2.42. The number of carbonyl (C=O) groups is 1. The SMILES string of the molecule is CC(C)(C)c1noc(-c2ccccc2N(CC2CCNC(C(C)(N)S(C)(=O)=O)C2)C(=O)O)n1.Cl. The van der Waals surface area contributed by atoms with Gasteiger partial charge in [-0.05, 0) is 44.4 Å². The average Bonchev–Trinajstić information content (AvgIpc) is 3.22. The number of nitrogens with one attached hydrogen (secondary N) is 1. The molecule has 0 radical (unpaired) electrons. The Morgan fingerprint density at radius 3 is 2.50 bits per heavy atom. The second-order valence-corrected chi connectivity index (χ2v) is 12.4. The predicted molar refractivity (Wildman–Crippen MR) is 133 cm³/mol. The second kappa shape index (κ2) is 10.2. The third kappa shape index (κ3) is 5.88. The summed E-state index contributed by atoms with van der Waals surface area (Å²) in [6, 6.07) is 6.50. The zero-order chi connectivity index (χ0) is 24.6. The topological polar surface area (TPSA) is 152 Å². The Morgan fingerprint density at radius 1 is 1.29 bits per heavy atom. The molecule has 10 nitrogen and oxygen atoms in total. The van der Waals surface area contributed by atoms with Gasteiger partial charge in [0.25, 0.3) is 5.89 Å². The van der Waals surface area contributed by atoms with E-state index in [1.165, 1.54) is 11.8 Å². The summed E-state index contributed by atoms with van der Waals surface area (Å²) < 4.78 is 29.8. The molecule has 0 saturated carbocycles. The molecule has 4 N–H and O–H groups in total. The highest BCUT2D eigenvalue weighted by molar-refractivity contribution is 7.92. The fraction of sp³-hybridized carbons (Fsp3) is 0.591. The minimum absolute atomic E-state index is 0. The van der Waals surface area contributed by atoms with E-state index in [4.69, 9.17) is 10.3 Å². The second-order valence-electron chi connectivity index (χ2n) is 9.94. The van der Waals surface area contributed by atoms with Crippen molar-refractivity contribution in [3.63, 3.8) is 0 Å². The van der Waals surface area contributed by atoms with E-state index < -0.39 is 26.8 Å². The van der Waals surface area contributed by atoms with Gasteiger partial charge in [-0.25, -0.2) is 13.2 Å². The first-order chi connectivity index (χ1) is 15.2. The van der Waals surface area contributed by atoms with Crippen LogP contribution >= 0.6 is 12.4 Å². The zero-order valence-corrected chi connectivity index (χ0v) is 21.7. The number of nitrogens with zero attached hydrogens (tertiary/aromatic N) is 3. The van der Waals surface area contributed by atoms with E-state index in [0.29, 0.717) is 36.5 Å². The van der Waals surface area contributed by atoms with Crippen LogP contribution in [0.3, 0.4) is 0 Å². The van der Waals surface area contributed by atoms with Crippen LogP contribution in [0, 0.1) is 5.92 Å². The molecule has 3 atom stereocenters. The van der Waals surface area contributed by atoms with Gasteiger partial charge >= 0.3 is 6.09 Å². The number of benzene rings is 1. The number of para-hydroxylation sites is 1. The number of anilines is 1. The lowest BCUT2D eigenvalue weighted by molar-refractivity contribution is 0.196. The first-order valence-electron chi connectivity index (χ1n) is 10.9. The number of nitrogens with two attached hydrogens (primary N) is 1. The van der Waals surface area contributed by atoms with Gasteiger partial charge in [0.05, 0.1) is 11.3 Å². The predicted octanol–water partition coefficient (Wildman–Crippen LogP) is 3.03. The number of aromatic nitrogens is 2. The molecule has 0 bridgehead atoms. The Bertz CT molecular complexity index is 1110. The number of amides is 1. The molecular formula is C22H34ClN5O5S. The van der Waals surface area contributed by atoms with Crippen molar-refractivity contribution in [3.8, 4) is 11.5 Å². The Kier molecular flexibility index (Phi) is 8.40. The lowest BCUT2D eigenvalue weighted by atomic mass is 9.88. The van der Waals surface area contributed by atoms with Gasteiger partial charge in [0.15, 0.2) is 15.7 Å². The number of carboxylic acid groups (broad SMARTS) is 1. The average molecular weight is 516 g/mol. The van der Waals surface area contributed by atoms with Crippen LogP contribution in [-0.4, -0.2) is 60.0 Å². The summed E-state index contributed by atoms with van der Waals surface area (Å²) in [5.41, 5.74) is 6.80. The summed E-state index contributed by atoms with van der Waals surface area (Å²) in [6.45, 7) is 8.12. The van der Waals surface area contributed by atoms with Gasteiger partial charge in [0, 0.05) is 24.3 Å². The van der Waals surface area contributed by atoms with Crippen molar-refractivity contribution in [1.29, 1.82) is 0 Å². The third-order valence-electron chi connectivity index (χ3n) is 6.20. The molecule has 1 amide bonds. The summed E-state index contributed by atoms with van der Waals surface area (Å²) in [4.78, 5) is 16.6. The van der Waals surface area contributed by atoms with Crippen LogP contribution in [0.1, 0.15) is 46.4 Å². The van der Waals surface area contributed by atoms with Crippen LogP contribution in [0.4, 0.5) is 10.5 Å². The standard InChI is InChI=1S/C22H33N5O5S.ClH/c1-21(2,3)19-25-18(32-26-19)15-8-6-7-9-16(15)27(20(28)29)13-14-10-11-24-17(12-14)22(4,23)33(5,30)31;/h6-9,14,17,24H,10-13,23H2,1-5H3,(H,28,29);1H. The zero-order valence-electron chi connectivity index (χ0n) is 20.1. The lowest BCUT2D eigenvalue weighted by Crippen LogP contribution is -2.62. The van der Waals surface area contributed by atoms with Gasteiger partial charge in [-0.15, -0.1) is 12.4 Å². The van der Waals surface area contributed by atoms with Crippen LogP contribution in [0.25, 0.3) is 11.5 Å². The largest absolute Gasteiger partial charge is 0.465 e. The third-order valence-corrected chi connectivity index (χ3v) is 8.08. The Balaban J connectivity index is 0.00000408. The van der Waals surface area contributed by atoms with E-state index in [-0.39, 0.29) is 36.2 Å². The molecule has 3 rings (SSSR count). The molecule has 2 heterocycles. The maximum atomic E-state index is 12.3.